The third-order valence-electron chi connectivity index (χ3n) is 2.31. The van der Waals surface area contributed by atoms with Crippen LogP contribution in [-0.4, -0.2) is 32.3 Å². The van der Waals surface area contributed by atoms with Crippen LogP contribution in [0.15, 0.2) is 17.8 Å². The van der Waals surface area contributed by atoms with Crippen LogP contribution < -0.4 is 10.6 Å². The Labute approximate surface area is 111 Å². The molecule has 4 N–H and O–H groups in total. The lowest BCUT2D eigenvalue weighted by molar-refractivity contribution is 0.0698. The van der Waals surface area contributed by atoms with E-state index in [1.54, 1.807) is 12.3 Å². The molecule has 0 saturated heterocycles. The smallest absolute Gasteiger partial charge is 0.338 e. The molecule has 0 fully saturated rings. The minimum atomic E-state index is -1.08. The predicted octanol–water partition coefficient (Wildman–Crippen LogP) is 1.45. The maximum atomic E-state index is 11.7. The number of rotatable bonds is 4. The number of H-pyrrole nitrogens is 1. The number of nitrogens with one attached hydrogen (secondary N) is 3. The summed E-state index contributed by atoms with van der Waals surface area (Å²) in [7, 11) is 0. The first-order valence-corrected chi connectivity index (χ1v) is 6.19. The van der Waals surface area contributed by atoms with Crippen molar-refractivity contribution in [2.45, 2.75) is 13.0 Å². The average Bonchev–Trinajstić information content (AvgIpc) is 2.98. The van der Waals surface area contributed by atoms with Gasteiger partial charge in [0.15, 0.2) is 0 Å². The molecule has 1 atom stereocenters. The summed E-state index contributed by atoms with van der Waals surface area (Å²) in [6.07, 6.45) is 1.34. The fraction of sp³-hybridized carbons (Fsp3) is 0.200. The Morgan fingerprint density at radius 2 is 2.32 bits per heavy atom. The van der Waals surface area contributed by atoms with Crippen LogP contribution in [0, 0.1) is 0 Å². The third-order valence-corrected chi connectivity index (χ3v) is 3.14. The van der Waals surface area contributed by atoms with Crippen molar-refractivity contribution in [1.29, 1.82) is 0 Å². The first kappa shape index (κ1) is 13.0. The Balaban J connectivity index is 1.98. The lowest BCUT2D eigenvalue weighted by Crippen LogP contribution is -2.31. The second-order valence-electron chi connectivity index (χ2n) is 3.66. The number of carboxylic acid groups (broad SMARTS) is 1. The number of nitrogens with zero attached hydrogens (tertiary/aromatic N) is 2. The first-order valence-electron chi connectivity index (χ1n) is 5.31. The lowest BCUT2D eigenvalue weighted by atomic mass is 10.3. The molecule has 0 aliphatic rings. The highest BCUT2D eigenvalue weighted by Gasteiger charge is 2.16. The molecule has 19 heavy (non-hydrogen) atoms. The fourth-order valence-corrected chi connectivity index (χ4v) is 2.18. The van der Waals surface area contributed by atoms with Gasteiger partial charge in [0.1, 0.15) is 17.2 Å². The Hall–Kier alpha value is -2.42. The molecule has 0 spiro atoms. The number of carbonyl (C=O) groups excluding carboxylic acids is 1. The molecule has 1 unspecified atom stereocenters. The highest BCUT2D eigenvalue weighted by atomic mass is 32.1. The van der Waals surface area contributed by atoms with Gasteiger partial charge in [-0.25, -0.2) is 14.6 Å². The second kappa shape index (κ2) is 5.48. The van der Waals surface area contributed by atoms with Crippen LogP contribution >= 0.6 is 11.3 Å². The van der Waals surface area contributed by atoms with E-state index in [0.29, 0.717) is 5.82 Å². The summed E-state index contributed by atoms with van der Waals surface area (Å²) in [5.41, 5.74) is 0.0625. The highest BCUT2D eigenvalue weighted by molar-refractivity contribution is 7.14. The van der Waals surface area contributed by atoms with Gasteiger partial charge in [-0.2, -0.15) is 5.10 Å². The Bertz CT molecular complexity index is 580. The van der Waals surface area contributed by atoms with Crippen LogP contribution in [0.1, 0.15) is 29.1 Å². The van der Waals surface area contributed by atoms with Gasteiger partial charge in [-0.05, 0) is 18.4 Å². The Kier molecular flexibility index (Phi) is 3.76. The molecule has 100 valence electrons. The summed E-state index contributed by atoms with van der Waals surface area (Å²) >= 11 is 1.14. The predicted molar refractivity (Wildman–Crippen MR) is 68.2 cm³/mol. The molecule has 9 heteroatoms. The number of hydrogen-bond acceptors (Lipinski definition) is 5. The van der Waals surface area contributed by atoms with Crippen molar-refractivity contribution in [1.82, 2.24) is 20.5 Å². The van der Waals surface area contributed by atoms with Gasteiger partial charge in [-0.3, -0.25) is 10.4 Å². The van der Waals surface area contributed by atoms with E-state index < -0.39 is 12.0 Å². The van der Waals surface area contributed by atoms with Crippen molar-refractivity contribution in [3.63, 3.8) is 0 Å². The van der Waals surface area contributed by atoms with Gasteiger partial charge in [-0.1, -0.05) is 0 Å². The molecule has 0 saturated carbocycles. The van der Waals surface area contributed by atoms with Gasteiger partial charge in [0.05, 0.1) is 11.6 Å². The van der Waals surface area contributed by atoms with Crippen LogP contribution in [0.3, 0.4) is 0 Å². The van der Waals surface area contributed by atoms with E-state index in [-0.39, 0.29) is 16.6 Å². The summed E-state index contributed by atoms with van der Waals surface area (Å²) < 4.78 is 0. The highest BCUT2D eigenvalue weighted by Crippen LogP contribution is 2.23. The molecule has 0 aliphatic heterocycles. The van der Waals surface area contributed by atoms with Gasteiger partial charge in [0.25, 0.3) is 0 Å². The fourth-order valence-electron chi connectivity index (χ4n) is 1.40. The van der Waals surface area contributed by atoms with Gasteiger partial charge >= 0.3 is 12.0 Å². The summed E-state index contributed by atoms with van der Waals surface area (Å²) in [5, 5.41) is 22.2. The largest absolute Gasteiger partial charge is 0.478 e. The Morgan fingerprint density at radius 3 is 2.95 bits per heavy atom. The van der Waals surface area contributed by atoms with Crippen molar-refractivity contribution in [3.8, 4) is 0 Å². The molecule has 2 amide bonds. The Morgan fingerprint density at radius 1 is 1.53 bits per heavy atom. The van der Waals surface area contributed by atoms with E-state index in [1.165, 1.54) is 12.4 Å². The maximum absolute atomic E-state index is 11.7. The SMILES string of the molecule is CC(NC(=O)Nc1sccc1C(=O)O)c1ncn[nH]1. The van der Waals surface area contributed by atoms with Crippen LogP contribution in [0.25, 0.3) is 0 Å². The standard InChI is InChI=1S/C10H11N5O3S/c1-5(7-11-4-12-15-7)13-10(18)14-8-6(9(16)17)2-3-19-8/h2-5H,1H3,(H,16,17)(H,11,12,15)(H2,13,14,18). The van der Waals surface area contributed by atoms with E-state index in [0.717, 1.165) is 11.3 Å². The number of thiophene rings is 1. The quantitative estimate of drug-likeness (QED) is 0.676. The molecule has 0 bridgehead atoms. The van der Waals surface area contributed by atoms with Gasteiger partial charge in [-0.15, -0.1) is 11.3 Å². The number of aromatic nitrogens is 3. The summed E-state index contributed by atoms with van der Waals surface area (Å²) in [4.78, 5) is 26.5. The van der Waals surface area contributed by atoms with Gasteiger partial charge in [0, 0.05) is 0 Å². The molecular formula is C10H11N5O3S. The normalized spacial score (nSPS) is 11.8. The van der Waals surface area contributed by atoms with Crippen molar-refractivity contribution in [3.05, 3.63) is 29.2 Å². The molecule has 0 aromatic carbocycles. The number of aromatic carboxylic acids is 1. The number of amides is 2. The zero-order valence-electron chi connectivity index (χ0n) is 9.88. The monoisotopic (exact) mass is 281 g/mol. The summed E-state index contributed by atoms with van der Waals surface area (Å²) in [6.45, 7) is 1.73. The number of aromatic amines is 1. The maximum Gasteiger partial charge on any atom is 0.338 e. The van der Waals surface area contributed by atoms with Crippen LogP contribution in [0.5, 0.6) is 0 Å². The van der Waals surface area contributed by atoms with E-state index in [9.17, 15) is 9.59 Å². The third kappa shape index (κ3) is 3.07. The molecule has 0 aliphatic carbocycles. The van der Waals surface area contributed by atoms with E-state index in [1.807, 2.05) is 0 Å². The van der Waals surface area contributed by atoms with E-state index in [2.05, 4.69) is 25.8 Å². The molecule has 2 aromatic rings. The minimum absolute atomic E-state index is 0.0625. The molecule has 2 rings (SSSR count). The average molecular weight is 281 g/mol. The topological polar surface area (TPSA) is 120 Å². The van der Waals surface area contributed by atoms with Gasteiger partial charge in [0.2, 0.25) is 0 Å². The van der Waals surface area contributed by atoms with Crippen molar-refractivity contribution >= 4 is 28.3 Å². The number of hydrogen-bond donors (Lipinski definition) is 4. The molecule has 2 aromatic heterocycles. The first-order chi connectivity index (χ1) is 9.08. The number of urea groups is 1. The van der Waals surface area contributed by atoms with Crippen molar-refractivity contribution in [2.24, 2.45) is 0 Å². The van der Waals surface area contributed by atoms with Crippen LogP contribution in [-0.2, 0) is 0 Å². The lowest BCUT2D eigenvalue weighted by Gasteiger charge is -2.11. The van der Waals surface area contributed by atoms with Crippen LogP contribution in [0.4, 0.5) is 9.80 Å². The molecule has 8 nitrogen and oxygen atoms in total. The molecule has 0 radical (unpaired) electrons. The molecular weight excluding hydrogens is 270 g/mol. The second-order valence-corrected chi connectivity index (χ2v) is 4.58. The minimum Gasteiger partial charge on any atom is -0.478 e. The summed E-state index contributed by atoms with van der Waals surface area (Å²) in [5.74, 6) is -0.570. The van der Waals surface area contributed by atoms with Crippen LogP contribution in [0.2, 0.25) is 0 Å². The van der Waals surface area contributed by atoms with E-state index in [4.69, 9.17) is 5.11 Å². The number of anilines is 1. The zero-order valence-corrected chi connectivity index (χ0v) is 10.7. The van der Waals surface area contributed by atoms with Gasteiger partial charge < -0.3 is 10.4 Å². The van der Waals surface area contributed by atoms with Crippen molar-refractivity contribution < 1.29 is 14.7 Å². The van der Waals surface area contributed by atoms with Crippen molar-refractivity contribution in [2.75, 3.05) is 5.32 Å². The number of carbonyl (C=O) groups is 2. The summed E-state index contributed by atoms with van der Waals surface area (Å²) in [6, 6.07) is 0.562. The zero-order chi connectivity index (χ0) is 13.8. The molecule has 2 heterocycles. The number of carboxylic acids is 1. The van der Waals surface area contributed by atoms with E-state index >= 15 is 0 Å².